The Kier molecular flexibility index (Phi) is 5.53. The van der Waals surface area contributed by atoms with Crippen LogP contribution in [0.3, 0.4) is 0 Å². The summed E-state index contributed by atoms with van der Waals surface area (Å²) in [5.41, 5.74) is 0.263. The molecule has 1 N–H and O–H groups in total. The number of benzene rings is 1. The zero-order valence-electron chi connectivity index (χ0n) is 13.4. The van der Waals surface area contributed by atoms with Crippen molar-refractivity contribution in [2.45, 2.75) is 0 Å². The largest absolute Gasteiger partial charge is 0.493 e. The molecule has 1 aromatic heterocycles. The number of carbonyl (C=O) groups excluding carboxylic acids is 2. The smallest absolute Gasteiger partial charge is 0.377 e. The average molecular weight is 353 g/mol. The van der Waals surface area contributed by atoms with Crippen LogP contribution in [0.4, 0.5) is 5.13 Å². The van der Waals surface area contributed by atoms with Crippen LogP contribution in [0.5, 0.6) is 17.2 Å². The monoisotopic (exact) mass is 353 g/mol. The predicted molar refractivity (Wildman–Crippen MR) is 85.3 cm³/mol. The summed E-state index contributed by atoms with van der Waals surface area (Å²) < 4.78 is 23.9. The summed E-state index contributed by atoms with van der Waals surface area (Å²) in [6, 6.07) is 3.00. The van der Waals surface area contributed by atoms with Crippen molar-refractivity contribution >= 4 is 28.5 Å². The minimum absolute atomic E-state index is 0.123. The van der Waals surface area contributed by atoms with Gasteiger partial charge in [-0.05, 0) is 12.1 Å². The van der Waals surface area contributed by atoms with Crippen molar-refractivity contribution in [3.05, 3.63) is 23.5 Å². The third kappa shape index (κ3) is 3.54. The molecule has 0 saturated heterocycles. The minimum Gasteiger partial charge on any atom is -0.493 e. The summed E-state index contributed by atoms with van der Waals surface area (Å²) in [7, 11) is 5.59. The molecule has 24 heavy (non-hydrogen) atoms. The molecule has 0 unspecified atom stereocenters. The zero-order chi connectivity index (χ0) is 17.7. The van der Waals surface area contributed by atoms with Crippen molar-refractivity contribution in [2.24, 2.45) is 0 Å². The van der Waals surface area contributed by atoms with Gasteiger partial charge < -0.3 is 18.9 Å². The van der Waals surface area contributed by atoms with Crippen LogP contribution >= 0.6 is 11.5 Å². The van der Waals surface area contributed by atoms with E-state index in [1.165, 1.54) is 40.6 Å². The summed E-state index contributed by atoms with van der Waals surface area (Å²) in [5, 5.41) is 2.71. The van der Waals surface area contributed by atoms with E-state index in [1.807, 2.05) is 0 Å². The van der Waals surface area contributed by atoms with Crippen LogP contribution in [-0.2, 0) is 4.74 Å². The molecule has 0 fully saturated rings. The van der Waals surface area contributed by atoms with Gasteiger partial charge in [-0.3, -0.25) is 10.1 Å². The number of esters is 1. The van der Waals surface area contributed by atoms with E-state index in [1.54, 1.807) is 0 Å². The molecule has 1 amide bonds. The standard InChI is InChI=1S/C14H15N3O6S/c1-20-8-5-7(6-9(21-2)10(8)22-3)12(18)16-14-15-11(17-24-14)13(19)23-4/h5-6H,1-4H3,(H,15,16,17,18). The summed E-state index contributed by atoms with van der Waals surface area (Å²) in [5.74, 6) is -0.214. The van der Waals surface area contributed by atoms with Gasteiger partial charge in [-0.2, -0.15) is 9.36 Å². The highest BCUT2D eigenvalue weighted by molar-refractivity contribution is 7.10. The van der Waals surface area contributed by atoms with Crippen LogP contribution < -0.4 is 19.5 Å². The minimum atomic E-state index is -0.681. The fraction of sp³-hybridized carbons (Fsp3) is 0.286. The molecule has 1 heterocycles. The molecule has 0 aliphatic heterocycles. The number of hydrogen-bond donors (Lipinski definition) is 1. The van der Waals surface area contributed by atoms with Crippen molar-refractivity contribution in [1.29, 1.82) is 0 Å². The summed E-state index contributed by atoms with van der Waals surface area (Å²) in [4.78, 5) is 27.6. The van der Waals surface area contributed by atoms with Crippen LogP contribution in [0.1, 0.15) is 21.0 Å². The topological polar surface area (TPSA) is 109 Å². The molecule has 2 aromatic rings. The molecule has 2 rings (SSSR count). The number of carbonyl (C=O) groups is 2. The van der Waals surface area contributed by atoms with Crippen LogP contribution in [0, 0.1) is 0 Å². The van der Waals surface area contributed by atoms with Crippen molar-refractivity contribution in [2.75, 3.05) is 33.8 Å². The Morgan fingerprint density at radius 2 is 1.67 bits per heavy atom. The molecule has 0 bridgehead atoms. The zero-order valence-corrected chi connectivity index (χ0v) is 14.2. The van der Waals surface area contributed by atoms with Gasteiger partial charge in [0, 0.05) is 17.1 Å². The Bertz CT molecular complexity index is 736. The van der Waals surface area contributed by atoms with Gasteiger partial charge >= 0.3 is 5.97 Å². The maximum absolute atomic E-state index is 12.4. The quantitative estimate of drug-likeness (QED) is 0.780. The van der Waals surface area contributed by atoms with E-state index in [0.29, 0.717) is 17.2 Å². The van der Waals surface area contributed by atoms with Gasteiger partial charge in [-0.15, -0.1) is 0 Å². The lowest BCUT2D eigenvalue weighted by atomic mass is 10.1. The molecule has 0 spiro atoms. The van der Waals surface area contributed by atoms with Gasteiger partial charge in [-0.1, -0.05) is 0 Å². The summed E-state index contributed by atoms with van der Waals surface area (Å²) >= 11 is 0.863. The van der Waals surface area contributed by atoms with Crippen molar-refractivity contribution in [3.63, 3.8) is 0 Å². The molecule has 1 aromatic carbocycles. The number of hydrogen-bond acceptors (Lipinski definition) is 9. The summed E-state index contributed by atoms with van der Waals surface area (Å²) in [6.07, 6.45) is 0. The Labute approximate surface area is 141 Å². The predicted octanol–water partition coefficient (Wildman–Crippen LogP) is 1.60. The van der Waals surface area contributed by atoms with E-state index < -0.39 is 11.9 Å². The number of methoxy groups -OCH3 is 4. The first-order valence-corrected chi connectivity index (χ1v) is 7.34. The van der Waals surface area contributed by atoms with Gasteiger partial charge in [0.25, 0.3) is 11.7 Å². The van der Waals surface area contributed by atoms with Gasteiger partial charge in [0.1, 0.15) is 0 Å². The number of ether oxygens (including phenoxy) is 4. The van der Waals surface area contributed by atoms with E-state index in [4.69, 9.17) is 14.2 Å². The Balaban J connectivity index is 2.26. The first-order chi connectivity index (χ1) is 11.5. The van der Waals surface area contributed by atoms with Crippen molar-refractivity contribution in [3.8, 4) is 17.2 Å². The van der Waals surface area contributed by atoms with Gasteiger partial charge in [0.15, 0.2) is 11.5 Å². The number of anilines is 1. The van der Waals surface area contributed by atoms with E-state index >= 15 is 0 Å². The normalized spacial score (nSPS) is 10.0. The fourth-order valence-electron chi connectivity index (χ4n) is 1.83. The van der Waals surface area contributed by atoms with Crippen LogP contribution in [0.15, 0.2) is 12.1 Å². The SMILES string of the molecule is COC(=O)c1nsc(NC(=O)c2cc(OC)c(OC)c(OC)c2)n1. The van der Waals surface area contributed by atoms with Gasteiger partial charge in [0.2, 0.25) is 10.9 Å². The Morgan fingerprint density at radius 3 is 2.17 bits per heavy atom. The molecule has 9 nitrogen and oxygen atoms in total. The molecular formula is C14H15N3O6S. The van der Waals surface area contributed by atoms with E-state index in [9.17, 15) is 9.59 Å². The van der Waals surface area contributed by atoms with Gasteiger partial charge in [-0.25, -0.2) is 4.79 Å². The second kappa shape index (κ2) is 7.59. The number of amides is 1. The maximum Gasteiger partial charge on any atom is 0.377 e. The van der Waals surface area contributed by atoms with Crippen LogP contribution in [-0.4, -0.2) is 49.7 Å². The van der Waals surface area contributed by atoms with Crippen LogP contribution in [0.25, 0.3) is 0 Å². The fourth-order valence-corrected chi connectivity index (χ4v) is 2.38. The third-order valence-electron chi connectivity index (χ3n) is 2.94. The third-order valence-corrected chi connectivity index (χ3v) is 3.57. The van der Waals surface area contributed by atoms with E-state index in [2.05, 4.69) is 19.4 Å². The van der Waals surface area contributed by atoms with Crippen molar-refractivity contribution in [1.82, 2.24) is 9.36 Å². The second-order valence-electron chi connectivity index (χ2n) is 4.28. The molecule has 0 aliphatic carbocycles. The highest BCUT2D eigenvalue weighted by Crippen LogP contribution is 2.38. The number of nitrogens with zero attached hydrogens (tertiary/aromatic N) is 2. The Hall–Kier alpha value is -2.88. The van der Waals surface area contributed by atoms with Crippen LogP contribution in [0.2, 0.25) is 0 Å². The lowest BCUT2D eigenvalue weighted by molar-refractivity contribution is 0.0588. The molecule has 0 radical (unpaired) electrons. The molecule has 0 aliphatic rings. The molecular weight excluding hydrogens is 338 g/mol. The number of rotatable bonds is 6. The summed E-state index contributed by atoms with van der Waals surface area (Å²) in [6.45, 7) is 0. The highest BCUT2D eigenvalue weighted by Gasteiger charge is 2.19. The second-order valence-corrected chi connectivity index (χ2v) is 5.03. The van der Waals surface area contributed by atoms with E-state index in [-0.39, 0.29) is 16.5 Å². The lowest BCUT2D eigenvalue weighted by Crippen LogP contribution is -2.13. The Morgan fingerprint density at radius 1 is 1.04 bits per heavy atom. The van der Waals surface area contributed by atoms with Crippen molar-refractivity contribution < 1.29 is 28.5 Å². The first kappa shape index (κ1) is 17.5. The highest BCUT2D eigenvalue weighted by atomic mass is 32.1. The molecule has 10 heteroatoms. The average Bonchev–Trinajstić information content (AvgIpc) is 3.07. The molecule has 0 saturated carbocycles. The number of nitrogens with one attached hydrogen (secondary N) is 1. The lowest BCUT2D eigenvalue weighted by Gasteiger charge is -2.13. The van der Waals surface area contributed by atoms with Gasteiger partial charge in [0.05, 0.1) is 28.4 Å². The first-order valence-electron chi connectivity index (χ1n) is 6.57. The maximum atomic E-state index is 12.4. The van der Waals surface area contributed by atoms with E-state index in [0.717, 1.165) is 11.5 Å². The molecule has 0 atom stereocenters. The number of aromatic nitrogens is 2. The molecule has 128 valence electrons.